The molecule has 108 valence electrons. The first kappa shape index (κ1) is 14.7. The predicted molar refractivity (Wildman–Crippen MR) is 76.5 cm³/mol. The Morgan fingerprint density at radius 3 is 2.75 bits per heavy atom. The van der Waals surface area contributed by atoms with E-state index in [1.807, 2.05) is 18.2 Å². The van der Waals surface area contributed by atoms with Gasteiger partial charge in [-0.25, -0.2) is 0 Å². The topological polar surface area (TPSA) is 46.6 Å². The molecule has 1 unspecified atom stereocenters. The van der Waals surface area contributed by atoms with Gasteiger partial charge in [-0.15, -0.1) is 0 Å². The monoisotopic (exact) mass is 275 g/mol. The van der Waals surface area contributed by atoms with Crippen LogP contribution in [0.1, 0.15) is 31.2 Å². The van der Waals surface area contributed by atoms with E-state index in [1.165, 1.54) is 5.56 Å². The standard InChI is InChI=1S/C16H21NO3/c1-2-20-16(19)10-15(18)12-17-9-8-14(11-17)13-6-4-3-5-7-13/h3-7,14H,2,8-12H2,1H3. The summed E-state index contributed by atoms with van der Waals surface area (Å²) in [7, 11) is 0. The van der Waals surface area contributed by atoms with E-state index in [-0.39, 0.29) is 12.2 Å². The second kappa shape index (κ2) is 7.20. The van der Waals surface area contributed by atoms with Crippen molar-refractivity contribution in [1.82, 2.24) is 4.90 Å². The molecule has 4 nitrogen and oxygen atoms in total. The molecule has 20 heavy (non-hydrogen) atoms. The van der Waals surface area contributed by atoms with Crippen LogP contribution in [0.4, 0.5) is 0 Å². The lowest BCUT2D eigenvalue weighted by molar-refractivity contribution is -0.145. The maximum absolute atomic E-state index is 11.8. The van der Waals surface area contributed by atoms with Crippen LogP contribution in [0.25, 0.3) is 0 Å². The largest absolute Gasteiger partial charge is 0.466 e. The Hall–Kier alpha value is -1.68. The van der Waals surface area contributed by atoms with Crippen LogP contribution in [0.3, 0.4) is 0 Å². The van der Waals surface area contributed by atoms with Crippen molar-refractivity contribution in [3.8, 4) is 0 Å². The van der Waals surface area contributed by atoms with Crippen LogP contribution in [0.15, 0.2) is 30.3 Å². The summed E-state index contributed by atoms with van der Waals surface area (Å²) in [5.41, 5.74) is 1.33. The molecule has 1 saturated heterocycles. The summed E-state index contributed by atoms with van der Waals surface area (Å²) < 4.78 is 4.79. The summed E-state index contributed by atoms with van der Waals surface area (Å²) >= 11 is 0. The molecule has 0 bridgehead atoms. The number of Topliss-reactive ketones (excluding diaryl/α,β-unsaturated/α-hetero) is 1. The molecule has 4 heteroatoms. The first-order chi connectivity index (χ1) is 9.69. The molecule has 1 heterocycles. The van der Waals surface area contributed by atoms with Gasteiger partial charge in [0.05, 0.1) is 13.2 Å². The van der Waals surface area contributed by atoms with E-state index in [2.05, 4.69) is 17.0 Å². The zero-order valence-electron chi connectivity index (χ0n) is 11.9. The fourth-order valence-corrected chi connectivity index (χ4v) is 2.65. The Kier molecular flexibility index (Phi) is 5.30. The SMILES string of the molecule is CCOC(=O)CC(=O)CN1CCC(c2ccccc2)C1. The number of ether oxygens (including phenoxy) is 1. The quantitative estimate of drug-likeness (QED) is 0.588. The number of rotatable bonds is 6. The van der Waals surface area contributed by atoms with E-state index < -0.39 is 5.97 Å². The third kappa shape index (κ3) is 4.17. The van der Waals surface area contributed by atoms with Gasteiger partial charge in [0.15, 0.2) is 5.78 Å². The van der Waals surface area contributed by atoms with Gasteiger partial charge in [-0.2, -0.15) is 0 Å². The summed E-state index contributed by atoms with van der Waals surface area (Å²) in [5.74, 6) is 0.0139. The molecule has 0 spiro atoms. The molecule has 1 aromatic carbocycles. The zero-order chi connectivity index (χ0) is 14.4. The number of carbonyl (C=O) groups excluding carboxylic acids is 2. The third-order valence-corrected chi connectivity index (χ3v) is 3.59. The van der Waals surface area contributed by atoms with Gasteiger partial charge >= 0.3 is 5.97 Å². The molecule has 0 aliphatic carbocycles. The van der Waals surface area contributed by atoms with Crippen molar-refractivity contribution in [2.75, 3.05) is 26.2 Å². The zero-order valence-corrected chi connectivity index (χ0v) is 11.9. The van der Waals surface area contributed by atoms with Crippen LogP contribution in [0.2, 0.25) is 0 Å². The van der Waals surface area contributed by atoms with E-state index in [4.69, 9.17) is 4.74 Å². The maximum Gasteiger partial charge on any atom is 0.313 e. The summed E-state index contributed by atoms with van der Waals surface area (Å²) in [6.07, 6.45) is 0.955. The number of benzene rings is 1. The molecular weight excluding hydrogens is 254 g/mol. The fourth-order valence-electron chi connectivity index (χ4n) is 2.65. The maximum atomic E-state index is 11.8. The first-order valence-corrected chi connectivity index (χ1v) is 7.13. The summed E-state index contributed by atoms with van der Waals surface area (Å²) in [5, 5.41) is 0. The number of ketones is 1. The lowest BCUT2D eigenvalue weighted by Crippen LogP contribution is -2.29. The van der Waals surface area contributed by atoms with E-state index in [9.17, 15) is 9.59 Å². The lowest BCUT2D eigenvalue weighted by Gasteiger charge is -2.15. The Labute approximate surface area is 119 Å². The highest BCUT2D eigenvalue weighted by Gasteiger charge is 2.25. The lowest BCUT2D eigenvalue weighted by atomic mass is 9.99. The third-order valence-electron chi connectivity index (χ3n) is 3.59. The highest BCUT2D eigenvalue weighted by molar-refractivity contribution is 5.96. The van der Waals surface area contributed by atoms with Crippen LogP contribution in [-0.4, -0.2) is 42.9 Å². The number of nitrogens with zero attached hydrogens (tertiary/aromatic N) is 1. The minimum absolute atomic E-state index is 0.0582. The smallest absolute Gasteiger partial charge is 0.313 e. The highest BCUT2D eigenvalue weighted by atomic mass is 16.5. The molecule has 0 amide bonds. The molecule has 1 aliphatic heterocycles. The minimum Gasteiger partial charge on any atom is -0.466 e. The number of hydrogen-bond acceptors (Lipinski definition) is 4. The van der Waals surface area contributed by atoms with Crippen molar-refractivity contribution in [3.63, 3.8) is 0 Å². The van der Waals surface area contributed by atoms with Crippen molar-refractivity contribution < 1.29 is 14.3 Å². The number of esters is 1. The Morgan fingerprint density at radius 2 is 2.05 bits per heavy atom. The van der Waals surface area contributed by atoms with Gasteiger partial charge in [-0.1, -0.05) is 30.3 Å². The molecule has 1 fully saturated rings. The van der Waals surface area contributed by atoms with Crippen LogP contribution in [0.5, 0.6) is 0 Å². The Bertz CT molecular complexity index is 458. The van der Waals surface area contributed by atoms with Gasteiger partial charge in [0, 0.05) is 6.54 Å². The minimum atomic E-state index is -0.420. The van der Waals surface area contributed by atoms with E-state index in [0.717, 1.165) is 19.5 Å². The van der Waals surface area contributed by atoms with Crippen molar-refractivity contribution in [3.05, 3.63) is 35.9 Å². The number of carbonyl (C=O) groups is 2. The number of hydrogen-bond donors (Lipinski definition) is 0. The molecule has 0 aromatic heterocycles. The molecular formula is C16H21NO3. The van der Waals surface area contributed by atoms with Gasteiger partial charge < -0.3 is 4.74 Å². The van der Waals surface area contributed by atoms with Crippen molar-refractivity contribution >= 4 is 11.8 Å². The van der Waals surface area contributed by atoms with E-state index in [0.29, 0.717) is 19.1 Å². The van der Waals surface area contributed by atoms with E-state index >= 15 is 0 Å². The van der Waals surface area contributed by atoms with E-state index in [1.54, 1.807) is 6.92 Å². The van der Waals surface area contributed by atoms with Crippen molar-refractivity contribution in [2.24, 2.45) is 0 Å². The Morgan fingerprint density at radius 1 is 1.30 bits per heavy atom. The summed E-state index contributed by atoms with van der Waals surface area (Å²) in [4.78, 5) is 25.2. The summed E-state index contributed by atoms with van der Waals surface area (Å²) in [6.45, 7) is 4.22. The average Bonchev–Trinajstić information content (AvgIpc) is 2.88. The van der Waals surface area contributed by atoms with Gasteiger partial charge in [0.25, 0.3) is 0 Å². The van der Waals surface area contributed by atoms with Crippen LogP contribution >= 0.6 is 0 Å². The molecule has 0 radical (unpaired) electrons. The fraction of sp³-hybridized carbons (Fsp3) is 0.500. The molecule has 1 aliphatic rings. The van der Waals surface area contributed by atoms with Gasteiger partial charge in [-0.3, -0.25) is 14.5 Å². The van der Waals surface area contributed by atoms with Gasteiger partial charge in [0.1, 0.15) is 6.42 Å². The second-order valence-electron chi connectivity index (χ2n) is 5.15. The molecule has 2 rings (SSSR count). The van der Waals surface area contributed by atoms with Gasteiger partial charge in [-0.05, 0) is 31.4 Å². The molecule has 1 atom stereocenters. The first-order valence-electron chi connectivity index (χ1n) is 7.13. The van der Waals surface area contributed by atoms with Crippen molar-refractivity contribution in [2.45, 2.75) is 25.7 Å². The normalized spacial score (nSPS) is 18.9. The second-order valence-corrected chi connectivity index (χ2v) is 5.15. The van der Waals surface area contributed by atoms with Crippen LogP contribution in [-0.2, 0) is 14.3 Å². The highest BCUT2D eigenvalue weighted by Crippen LogP contribution is 2.26. The molecule has 0 N–H and O–H groups in total. The van der Waals surface area contributed by atoms with Gasteiger partial charge in [0.2, 0.25) is 0 Å². The van der Waals surface area contributed by atoms with Crippen molar-refractivity contribution in [1.29, 1.82) is 0 Å². The number of likely N-dealkylation sites (tertiary alicyclic amines) is 1. The Balaban J connectivity index is 1.79. The van der Waals surface area contributed by atoms with Crippen LogP contribution in [0, 0.1) is 0 Å². The summed E-state index contributed by atoms with van der Waals surface area (Å²) in [6, 6.07) is 10.4. The average molecular weight is 275 g/mol. The predicted octanol–water partition coefficient (Wildman–Crippen LogP) is 2.00. The molecule has 1 aromatic rings. The van der Waals surface area contributed by atoms with Crippen LogP contribution < -0.4 is 0 Å². The molecule has 0 saturated carbocycles.